The summed E-state index contributed by atoms with van der Waals surface area (Å²) in [6.45, 7) is 6.14. The maximum absolute atomic E-state index is 12.7. The van der Waals surface area contributed by atoms with E-state index in [-0.39, 0.29) is 23.7 Å². The smallest absolute Gasteiger partial charge is 0.237 e. The molecule has 1 aliphatic heterocycles. The lowest BCUT2D eigenvalue weighted by Crippen LogP contribution is -2.31. The highest BCUT2D eigenvalue weighted by Gasteiger charge is 2.50. The van der Waals surface area contributed by atoms with E-state index in [0.717, 1.165) is 40.5 Å². The van der Waals surface area contributed by atoms with Gasteiger partial charge in [-0.3, -0.25) is 14.5 Å². The molecule has 21 heavy (non-hydrogen) atoms. The van der Waals surface area contributed by atoms with E-state index in [1.165, 1.54) is 4.90 Å². The predicted octanol–water partition coefficient (Wildman–Crippen LogP) is 3.99. The van der Waals surface area contributed by atoms with Crippen LogP contribution in [0.25, 0.3) is 0 Å². The highest BCUT2D eigenvalue weighted by Crippen LogP contribution is 2.42. The van der Waals surface area contributed by atoms with Crippen molar-refractivity contribution in [2.24, 2.45) is 17.8 Å². The van der Waals surface area contributed by atoms with Crippen LogP contribution >= 0.6 is 15.9 Å². The average Bonchev–Trinajstić information content (AvgIpc) is 2.67. The van der Waals surface area contributed by atoms with Gasteiger partial charge in [0, 0.05) is 4.47 Å². The molecule has 0 radical (unpaired) electrons. The van der Waals surface area contributed by atoms with E-state index in [9.17, 15) is 9.59 Å². The van der Waals surface area contributed by atoms with Crippen molar-refractivity contribution in [1.29, 1.82) is 0 Å². The molecule has 1 heterocycles. The first-order valence-corrected chi connectivity index (χ1v) is 8.34. The number of hydrogen-bond donors (Lipinski definition) is 0. The Morgan fingerprint density at radius 1 is 1.05 bits per heavy atom. The van der Waals surface area contributed by atoms with Gasteiger partial charge in [0.05, 0.1) is 17.5 Å². The van der Waals surface area contributed by atoms with E-state index in [1.807, 2.05) is 26.0 Å². The Balaban J connectivity index is 1.99. The highest BCUT2D eigenvalue weighted by atomic mass is 79.9. The van der Waals surface area contributed by atoms with Gasteiger partial charge in [0.1, 0.15) is 0 Å². The minimum atomic E-state index is -0.106. The van der Waals surface area contributed by atoms with E-state index in [1.54, 1.807) is 0 Å². The van der Waals surface area contributed by atoms with Gasteiger partial charge >= 0.3 is 0 Å². The van der Waals surface area contributed by atoms with Crippen LogP contribution in [0.4, 0.5) is 5.69 Å². The van der Waals surface area contributed by atoms with Gasteiger partial charge in [0.15, 0.2) is 0 Å². The van der Waals surface area contributed by atoms with Gasteiger partial charge < -0.3 is 0 Å². The van der Waals surface area contributed by atoms with Crippen molar-refractivity contribution in [1.82, 2.24) is 0 Å². The molecule has 1 aromatic carbocycles. The number of carbonyl (C=O) groups excluding carboxylic acids is 2. The van der Waals surface area contributed by atoms with E-state index >= 15 is 0 Å². The summed E-state index contributed by atoms with van der Waals surface area (Å²) in [5, 5.41) is 0. The zero-order valence-corrected chi connectivity index (χ0v) is 14.2. The van der Waals surface area contributed by atoms with Gasteiger partial charge in [-0.05, 0) is 62.3 Å². The van der Waals surface area contributed by atoms with Crippen molar-refractivity contribution in [3.8, 4) is 0 Å². The molecule has 2 fully saturated rings. The maximum atomic E-state index is 12.7. The zero-order valence-electron chi connectivity index (χ0n) is 12.6. The fourth-order valence-corrected chi connectivity index (χ4v) is 3.93. The number of hydrogen-bond acceptors (Lipinski definition) is 2. The summed E-state index contributed by atoms with van der Waals surface area (Å²) < 4.78 is 1.04. The van der Waals surface area contributed by atoms with E-state index in [4.69, 9.17) is 0 Å². The van der Waals surface area contributed by atoms with Crippen molar-refractivity contribution >= 4 is 33.4 Å². The van der Waals surface area contributed by atoms with Crippen LogP contribution in [0.5, 0.6) is 0 Å². The minimum Gasteiger partial charge on any atom is -0.274 e. The summed E-state index contributed by atoms with van der Waals surface area (Å²) in [6.07, 6.45) is 2.74. The van der Waals surface area contributed by atoms with Crippen LogP contribution in [0.3, 0.4) is 0 Å². The molecular weight excluding hydrogens is 330 g/mol. The molecule has 1 saturated carbocycles. The van der Waals surface area contributed by atoms with Crippen LogP contribution < -0.4 is 4.90 Å². The number of halogens is 1. The number of aryl methyl sites for hydroxylation is 2. The quantitative estimate of drug-likeness (QED) is 0.718. The third-order valence-electron chi connectivity index (χ3n) is 4.87. The van der Waals surface area contributed by atoms with Crippen molar-refractivity contribution in [3.05, 3.63) is 27.7 Å². The van der Waals surface area contributed by atoms with E-state index in [0.29, 0.717) is 5.92 Å². The number of anilines is 1. The normalized spacial score (nSPS) is 29.0. The molecule has 2 amide bonds. The van der Waals surface area contributed by atoms with Crippen LogP contribution in [0, 0.1) is 31.6 Å². The molecule has 0 spiro atoms. The molecule has 0 aromatic heterocycles. The lowest BCUT2D eigenvalue weighted by Gasteiger charge is -2.25. The second-order valence-corrected chi connectivity index (χ2v) is 7.33. The Morgan fingerprint density at radius 3 is 2.24 bits per heavy atom. The number of rotatable bonds is 1. The summed E-state index contributed by atoms with van der Waals surface area (Å²) in [7, 11) is 0. The zero-order chi connectivity index (χ0) is 15.3. The third-order valence-corrected chi connectivity index (χ3v) is 6.12. The van der Waals surface area contributed by atoms with E-state index in [2.05, 4.69) is 22.9 Å². The SMILES string of the molecule is Cc1cc(N2C(=O)[C@H]3CC[C@H](C)C[C@@H]3C2=O)cc(C)c1Br. The van der Waals surface area contributed by atoms with Crippen molar-refractivity contribution < 1.29 is 9.59 Å². The number of imide groups is 1. The second-order valence-electron chi connectivity index (χ2n) is 6.54. The topological polar surface area (TPSA) is 37.4 Å². The van der Waals surface area contributed by atoms with Gasteiger partial charge in [-0.15, -0.1) is 0 Å². The molecule has 1 aromatic rings. The molecule has 112 valence electrons. The standard InChI is InChI=1S/C17H20BrNO2/c1-9-4-5-13-14(6-9)17(21)19(16(13)20)12-7-10(2)15(18)11(3)8-12/h7-9,13-14H,4-6H2,1-3H3/t9-,13-,14-/m0/s1. The molecule has 0 bridgehead atoms. The van der Waals surface area contributed by atoms with Gasteiger partial charge in [0.25, 0.3) is 0 Å². The molecule has 1 saturated heterocycles. The average molecular weight is 350 g/mol. The molecule has 3 rings (SSSR count). The minimum absolute atomic E-state index is 0.00183. The Kier molecular flexibility index (Phi) is 3.68. The molecule has 4 heteroatoms. The fraction of sp³-hybridized carbons (Fsp3) is 0.529. The first-order valence-electron chi connectivity index (χ1n) is 7.54. The van der Waals surface area contributed by atoms with Crippen LogP contribution in [0.1, 0.15) is 37.3 Å². The molecule has 0 N–H and O–H groups in total. The molecule has 0 unspecified atom stereocenters. The monoisotopic (exact) mass is 349 g/mol. The lowest BCUT2D eigenvalue weighted by atomic mass is 9.76. The Bertz CT molecular complexity index is 602. The largest absolute Gasteiger partial charge is 0.274 e. The van der Waals surface area contributed by atoms with Crippen LogP contribution in [0.2, 0.25) is 0 Å². The summed E-state index contributed by atoms with van der Waals surface area (Å²) in [5.74, 6) is 0.329. The van der Waals surface area contributed by atoms with Crippen molar-refractivity contribution in [3.63, 3.8) is 0 Å². The highest BCUT2D eigenvalue weighted by molar-refractivity contribution is 9.10. The van der Waals surface area contributed by atoms with E-state index < -0.39 is 0 Å². The lowest BCUT2D eigenvalue weighted by molar-refractivity contribution is -0.122. The summed E-state index contributed by atoms with van der Waals surface area (Å²) in [4.78, 5) is 26.8. The predicted molar refractivity (Wildman–Crippen MR) is 86.1 cm³/mol. The second kappa shape index (κ2) is 5.24. The van der Waals surface area contributed by atoms with Gasteiger partial charge in [0.2, 0.25) is 11.8 Å². The van der Waals surface area contributed by atoms with Crippen LogP contribution in [0.15, 0.2) is 16.6 Å². The van der Waals surface area contributed by atoms with Crippen LogP contribution in [-0.2, 0) is 9.59 Å². The Hall–Kier alpha value is -1.16. The molecule has 3 atom stereocenters. The first kappa shape index (κ1) is 14.8. The number of fused-ring (bicyclic) bond motifs is 1. The summed E-state index contributed by atoms with van der Waals surface area (Å²) in [6, 6.07) is 3.85. The third kappa shape index (κ3) is 2.33. The molecule has 3 nitrogen and oxygen atoms in total. The molecule has 2 aliphatic rings. The van der Waals surface area contributed by atoms with Crippen molar-refractivity contribution in [2.45, 2.75) is 40.0 Å². The number of amides is 2. The summed E-state index contributed by atoms with van der Waals surface area (Å²) in [5.41, 5.74) is 2.83. The van der Waals surface area contributed by atoms with Crippen LogP contribution in [-0.4, -0.2) is 11.8 Å². The maximum Gasteiger partial charge on any atom is 0.237 e. The van der Waals surface area contributed by atoms with Gasteiger partial charge in [-0.1, -0.05) is 22.9 Å². The Labute approximate surface area is 133 Å². The number of carbonyl (C=O) groups is 2. The van der Waals surface area contributed by atoms with Crippen molar-refractivity contribution in [2.75, 3.05) is 4.90 Å². The Morgan fingerprint density at radius 2 is 1.62 bits per heavy atom. The molecular formula is C17H20BrNO2. The van der Waals surface area contributed by atoms with Gasteiger partial charge in [-0.25, -0.2) is 0 Å². The van der Waals surface area contributed by atoms with Gasteiger partial charge in [-0.2, -0.15) is 0 Å². The fourth-order valence-electron chi connectivity index (χ4n) is 3.70. The number of benzene rings is 1. The first-order chi connectivity index (χ1) is 9.90. The molecule has 1 aliphatic carbocycles. The summed E-state index contributed by atoms with van der Waals surface area (Å²) >= 11 is 3.53. The number of nitrogens with zero attached hydrogens (tertiary/aromatic N) is 1.